The van der Waals surface area contributed by atoms with Crippen molar-refractivity contribution in [2.45, 2.75) is 13.1 Å². The van der Waals surface area contributed by atoms with Gasteiger partial charge in [-0.15, -0.1) is 0 Å². The fourth-order valence-electron chi connectivity index (χ4n) is 1.78. The highest BCUT2D eigenvalue weighted by atomic mass is 16.3. The standard InChI is InChI=1S/C14H18N4O3/c1-16(2)12-6-13(19)18(15-7-12)9-14(20)17(3)8-11-4-5-21-10-11/h4-7,10H,8-9H2,1-3H3. The van der Waals surface area contributed by atoms with Crippen molar-refractivity contribution in [2.75, 3.05) is 26.0 Å². The quantitative estimate of drug-likeness (QED) is 0.804. The van der Waals surface area contributed by atoms with Gasteiger partial charge in [-0.25, -0.2) is 4.68 Å². The van der Waals surface area contributed by atoms with Crippen LogP contribution in [0.25, 0.3) is 0 Å². The Kier molecular flexibility index (Phi) is 4.42. The summed E-state index contributed by atoms with van der Waals surface area (Å²) in [5.41, 5.74) is 1.30. The first-order chi connectivity index (χ1) is 9.97. The minimum absolute atomic E-state index is 0.0824. The highest BCUT2D eigenvalue weighted by Crippen LogP contribution is 2.05. The van der Waals surface area contributed by atoms with E-state index >= 15 is 0 Å². The maximum Gasteiger partial charge on any atom is 0.269 e. The predicted molar refractivity (Wildman–Crippen MR) is 78.0 cm³/mol. The first-order valence-corrected chi connectivity index (χ1v) is 6.47. The Morgan fingerprint density at radius 2 is 2.14 bits per heavy atom. The van der Waals surface area contributed by atoms with Crippen molar-refractivity contribution in [2.24, 2.45) is 0 Å². The van der Waals surface area contributed by atoms with Crippen LogP contribution in [0.1, 0.15) is 5.56 Å². The molecule has 0 radical (unpaired) electrons. The lowest BCUT2D eigenvalue weighted by atomic mass is 10.3. The van der Waals surface area contributed by atoms with Crippen LogP contribution in [0.4, 0.5) is 5.69 Å². The van der Waals surface area contributed by atoms with Crippen molar-refractivity contribution in [3.8, 4) is 0 Å². The number of furan rings is 1. The zero-order valence-corrected chi connectivity index (χ0v) is 12.3. The van der Waals surface area contributed by atoms with Crippen molar-refractivity contribution < 1.29 is 9.21 Å². The molecular formula is C14H18N4O3. The summed E-state index contributed by atoms with van der Waals surface area (Å²) in [6, 6.07) is 3.25. The number of likely N-dealkylation sites (N-methyl/N-ethyl adjacent to an activating group) is 1. The zero-order valence-electron chi connectivity index (χ0n) is 12.3. The van der Waals surface area contributed by atoms with Crippen LogP contribution in [0, 0.1) is 0 Å². The van der Waals surface area contributed by atoms with E-state index in [1.807, 2.05) is 14.1 Å². The molecule has 21 heavy (non-hydrogen) atoms. The van der Waals surface area contributed by atoms with E-state index in [1.54, 1.807) is 36.7 Å². The molecule has 7 nitrogen and oxygen atoms in total. The molecule has 0 aliphatic rings. The van der Waals surface area contributed by atoms with Crippen LogP contribution in [0.2, 0.25) is 0 Å². The SMILES string of the molecule is CN(Cc1ccoc1)C(=O)Cn1ncc(N(C)C)cc1=O. The summed E-state index contributed by atoms with van der Waals surface area (Å²) in [6.07, 6.45) is 4.70. The molecule has 0 aromatic carbocycles. The number of hydrogen-bond donors (Lipinski definition) is 0. The highest BCUT2D eigenvalue weighted by molar-refractivity contribution is 5.75. The number of carbonyl (C=O) groups excluding carboxylic acids is 1. The fraction of sp³-hybridized carbons (Fsp3) is 0.357. The Morgan fingerprint density at radius 1 is 1.38 bits per heavy atom. The molecule has 2 aromatic rings. The summed E-state index contributed by atoms with van der Waals surface area (Å²) in [7, 11) is 5.32. The first-order valence-electron chi connectivity index (χ1n) is 6.47. The van der Waals surface area contributed by atoms with Crippen LogP contribution < -0.4 is 10.5 Å². The van der Waals surface area contributed by atoms with Gasteiger partial charge < -0.3 is 14.2 Å². The summed E-state index contributed by atoms with van der Waals surface area (Å²) >= 11 is 0. The summed E-state index contributed by atoms with van der Waals surface area (Å²) in [5.74, 6) is -0.191. The molecule has 2 aromatic heterocycles. The summed E-state index contributed by atoms with van der Waals surface area (Å²) in [4.78, 5) is 27.3. The first kappa shape index (κ1) is 14.8. The predicted octanol–water partition coefficient (Wildman–Crippen LogP) is 0.561. The summed E-state index contributed by atoms with van der Waals surface area (Å²) in [6.45, 7) is 0.348. The molecule has 0 aliphatic carbocycles. The Balaban J connectivity index is 2.04. The van der Waals surface area contributed by atoms with Gasteiger partial charge in [-0.3, -0.25) is 9.59 Å². The average molecular weight is 290 g/mol. The molecule has 2 heterocycles. The second kappa shape index (κ2) is 6.25. The molecule has 0 N–H and O–H groups in total. The molecule has 112 valence electrons. The van der Waals surface area contributed by atoms with E-state index < -0.39 is 0 Å². The smallest absolute Gasteiger partial charge is 0.269 e. The number of amides is 1. The number of carbonyl (C=O) groups is 1. The number of aromatic nitrogens is 2. The van der Waals surface area contributed by atoms with Gasteiger partial charge in [0.25, 0.3) is 5.56 Å². The van der Waals surface area contributed by atoms with Gasteiger partial charge in [-0.05, 0) is 6.07 Å². The summed E-state index contributed by atoms with van der Waals surface area (Å²) in [5, 5.41) is 4.02. The fourth-order valence-corrected chi connectivity index (χ4v) is 1.78. The molecule has 0 bridgehead atoms. The van der Waals surface area contributed by atoms with Gasteiger partial charge in [0.15, 0.2) is 0 Å². The molecule has 7 heteroatoms. The molecule has 0 fully saturated rings. The van der Waals surface area contributed by atoms with Gasteiger partial charge in [0.05, 0.1) is 24.4 Å². The van der Waals surface area contributed by atoms with Gasteiger partial charge in [0, 0.05) is 39.3 Å². The van der Waals surface area contributed by atoms with E-state index in [0.717, 1.165) is 10.2 Å². The minimum atomic E-state index is -0.300. The van der Waals surface area contributed by atoms with Gasteiger partial charge in [0.1, 0.15) is 6.54 Å². The maximum atomic E-state index is 12.1. The highest BCUT2D eigenvalue weighted by Gasteiger charge is 2.12. The van der Waals surface area contributed by atoms with E-state index in [2.05, 4.69) is 5.10 Å². The lowest BCUT2D eigenvalue weighted by Gasteiger charge is -2.17. The Hall–Kier alpha value is -2.57. The Bertz CT molecular complexity index is 661. The van der Waals surface area contributed by atoms with Crippen molar-refractivity contribution in [3.63, 3.8) is 0 Å². The monoisotopic (exact) mass is 290 g/mol. The molecule has 0 spiro atoms. The molecule has 0 saturated carbocycles. The second-order valence-electron chi connectivity index (χ2n) is 4.99. The van der Waals surface area contributed by atoms with E-state index in [4.69, 9.17) is 4.42 Å². The number of hydrogen-bond acceptors (Lipinski definition) is 5. The number of rotatable bonds is 5. The second-order valence-corrected chi connectivity index (χ2v) is 4.99. The molecule has 0 unspecified atom stereocenters. The molecule has 0 saturated heterocycles. The van der Waals surface area contributed by atoms with E-state index in [1.165, 1.54) is 11.0 Å². The van der Waals surface area contributed by atoms with Crippen molar-refractivity contribution >= 4 is 11.6 Å². The Labute approximate surface area is 122 Å². The molecule has 0 aliphatic heterocycles. The zero-order chi connectivity index (χ0) is 15.4. The molecule has 0 atom stereocenters. The number of anilines is 1. The Morgan fingerprint density at radius 3 is 2.71 bits per heavy atom. The normalized spacial score (nSPS) is 10.4. The number of nitrogens with zero attached hydrogens (tertiary/aromatic N) is 4. The van der Waals surface area contributed by atoms with Crippen molar-refractivity contribution in [3.05, 3.63) is 46.8 Å². The van der Waals surface area contributed by atoms with E-state index in [0.29, 0.717) is 12.2 Å². The lowest BCUT2D eigenvalue weighted by molar-refractivity contribution is -0.131. The van der Waals surface area contributed by atoms with Gasteiger partial charge in [0.2, 0.25) is 5.91 Å². The molecule has 2 rings (SSSR count). The lowest BCUT2D eigenvalue weighted by Crippen LogP contribution is -2.34. The third-order valence-corrected chi connectivity index (χ3v) is 3.08. The van der Waals surface area contributed by atoms with E-state index in [9.17, 15) is 9.59 Å². The topological polar surface area (TPSA) is 71.6 Å². The van der Waals surface area contributed by atoms with Crippen LogP contribution in [-0.2, 0) is 17.9 Å². The van der Waals surface area contributed by atoms with Gasteiger partial charge >= 0.3 is 0 Å². The maximum absolute atomic E-state index is 12.1. The van der Waals surface area contributed by atoms with E-state index in [-0.39, 0.29) is 18.0 Å². The van der Waals surface area contributed by atoms with Crippen LogP contribution in [0.5, 0.6) is 0 Å². The van der Waals surface area contributed by atoms with Crippen molar-refractivity contribution in [1.82, 2.24) is 14.7 Å². The third kappa shape index (κ3) is 3.71. The molecule has 1 amide bonds. The van der Waals surface area contributed by atoms with Crippen LogP contribution in [0.3, 0.4) is 0 Å². The molecular weight excluding hydrogens is 272 g/mol. The third-order valence-electron chi connectivity index (χ3n) is 3.08. The summed E-state index contributed by atoms with van der Waals surface area (Å²) < 4.78 is 6.11. The van der Waals surface area contributed by atoms with Gasteiger partial charge in [-0.1, -0.05) is 0 Å². The van der Waals surface area contributed by atoms with Crippen molar-refractivity contribution in [1.29, 1.82) is 0 Å². The van der Waals surface area contributed by atoms with Gasteiger partial charge in [-0.2, -0.15) is 5.10 Å². The van der Waals surface area contributed by atoms with Crippen LogP contribution >= 0.6 is 0 Å². The average Bonchev–Trinajstić information content (AvgIpc) is 2.93. The minimum Gasteiger partial charge on any atom is -0.472 e. The largest absolute Gasteiger partial charge is 0.472 e. The van der Waals surface area contributed by atoms with Crippen LogP contribution in [0.15, 0.2) is 40.1 Å². The van der Waals surface area contributed by atoms with Crippen LogP contribution in [-0.4, -0.2) is 41.7 Å².